The average molecular weight is 381 g/mol. The maximum atomic E-state index is 14.1. The molecule has 4 heteroatoms. The Labute approximate surface area is 167 Å². The van der Waals surface area contributed by atoms with Crippen molar-refractivity contribution in [3.8, 4) is 0 Å². The first-order valence-corrected chi connectivity index (χ1v) is 10.4. The molecule has 2 aliphatic heterocycles. The molecule has 1 amide bonds. The Morgan fingerprint density at radius 2 is 1.68 bits per heavy atom. The minimum absolute atomic E-state index is 0.0914. The highest BCUT2D eigenvalue weighted by Gasteiger charge is 2.46. The molecule has 1 spiro atoms. The summed E-state index contributed by atoms with van der Waals surface area (Å²) >= 11 is 0. The lowest BCUT2D eigenvalue weighted by molar-refractivity contribution is -0.133. The second-order valence-corrected chi connectivity index (χ2v) is 8.41. The van der Waals surface area contributed by atoms with Crippen LogP contribution in [0, 0.1) is 5.82 Å². The number of halogens is 1. The van der Waals surface area contributed by atoms with Crippen LogP contribution in [0.25, 0.3) is 0 Å². The Kier molecular flexibility index (Phi) is 5.49. The van der Waals surface area contributed by atoms with Crippen molar-refractivity contribution in [2.24, 2.45) is 0 Å². The molecule has 1 unspecified atom stereocenters. The molecular weight excluding hydrogens is 351 g/mol. The van der Waals surface area contributed by atoms with Crippen LogP contribution in [-0.2, 0) is 11.3 Å². The van der Waals surface area contributed by atoms with E-state index in [1.165, 1.54) is 11.6 Å². The van der Waals surface area contributed by atoms with E-state index < -0.39 is 0 Å². The lowest BCUT2D eigenvalue weighted by atomic mass is 9.84. The largest absolute Gasteiger partial charge is 0.332 e. The quantitative estimate of drug-likeness (QED) is 0.758. The lowest BCUT2D eigenvalue weighted by Gasteiger charge is -2.45. The number of piperidine rings is 1. The van der Waals surface area contributed by atoms with Crippen molar-refractivity contribution < 1.29 is 9.18 Å². The lowest BCUT2D eigenvalue weighted by Crippen LogP contribution is -2.53. The van der Waals surface area contributed by atoms with Gasteiger partial charge in [-0.15, -0.1) is 0 Å². The van der Waals surface area contributed by atoms with Gasteiger partial charge in [0, 0.05) is 43.7 Å². The summed E-state index contributed by atoms with van der Waals surface area (Å²) in [6.45, 7) is 5.72. The molecule has 2 aromatic rings. The van der Waals surface area contributed by atoms with Crippen LogP contribution in [0.4, 0.5) is 4.39 Å². The number of amides is 1. The fraction of sp³-hybridized carbons (Fsp3) is 0.458. The van der Waals surface area contributed by atoms with E-state index >= 15 is 0 Å². The minimum Gasteiger partial charge on any atom is -0.332 e. The Hall–Kier alpha value is -2.20. The molecule has 2 heterocycles. The van der Waals surface area contributed by atoms with Crippen molar-refractivity contribution in [2.45, 2.75) is 50.6 Å². The molecule has 0 N–H and O–H groups in total. The summed E-state index contributed by atoms with van der Waals surface area (Å²) in [6, 6.07) is 17.5. The highest BCUT2D eigenvalue weighted by molar-refractivity contribution is 5.79. The van der Waals surface area contributed by atoms with Gasteiger partial charge in [-0.1, -0.05) is 55.5 Å². The van der Waals surface area contributed by atoms with E-state index in [1.54, 1.807) is 12.1 Å². The summed E-state index contributed by atoms with van der Waals surface area (Å²) in [5, 5.41) is 0. The van der Waals surface area contributed by atoms with Crippen LogP contribution in [0.2, 0.25) is 0 Å². The Morgan fingerprint density at radius 1 is 1.00 bits per heavy atom. The first-order chi connectivity index (χ1) is 13.6. The van der Waals surface area contributed by atoms with Crippen molar-refractivity contribution in [3.63, 3.8) is 0 Å². The number of likely N-dealkylation sites (tertiary alicyclic amines) is 2. The fourth-order valence-electron chi connectivity index (χ4n) is 4.87. The van der Waals surface area contributed by atoms with Gasteiger partial charge in [0.25, 0.3) is 0 Å². The molecule has 0 bridgehead atoms. The van der Waals surface area contributed by atoms with Crippen LogP contribution in [0.15, 0.2) is 54.6 Å². The Balaban J connectivity index is 1.40. The topological polar surface area (TPSA) is 23.6 Å². The van der Waals surface area contributed by atoms with E-state index in [0.717, 1.165) is 38.9 Å². The number of benzene rings is 2. The number of hydrogen-bond donors (Lipinski definition) is 0. The van der Waals surface area contributed by atoms with E-state index in [-0.39, 0.29) is 17.3 Å². The van der Waals surface area contributed by atoms with Gasteiger partial charge in [-0.25, -0.2) is 4.39 Å². The van der Waals surface area contributed by atoms with E-state index in [1.807, 2.05) is 11.0 Å². The van der Waals surface area contributed by atoms with E-state index in [9.17, 15) is 9.18 Å². The molecule has 148 valence electrons. The van der Waals surface area contributed by atoms with Crippen LogP contribution in [-0.4, -0.2) is 40.9 Å². The van der Waals surface area contributed by atoms with Crippen molar-refractivity contribution in [2.75, 3.05) is 19.6 Å². The normalized spacial score (nSPS) is 20.6. The summed E-state index contributed by atoms with van der Waals surface area (Å²) < 4.78 is 14.1. The zero-order valence-corrected chi connectivity index (χ0v) is 16.6. The highest BCUT2D eigenvalue weighted by Crippen LogP contribution is 2.40. The van der Waals surface area contributed by atoms with Gasteiger partial charge in [0.05, 0.1) is 0 Å². The van der Waals surface area contributed by atoms with Crippen LogP contribution >= 0.6 is 0 Å². The summed E-state index contributed by atoms with van der Waals surface area (Å²) in [6.07, 6.45) is 3.46. The number of carbonyl (C=O) groups is 1. The van der Waals surface area contributed by atoms with Crippen LogP contribution in [0.5, 0.6) is 0 Å². The molecule has 2 aliphatic rings. The number of carbonyl (C=O) groups excluding carboxylic acids is 1. The molecule has 2 aromatic carbocycles. The first kappa shape index (κ1) is 19.1. The molecule has 0 saturated carbocycles. The van der Waals surface area contributed by atoms with Gasteiger partial charge in [-0.2, -0.15) is 0 Å². The summed E-state index contributed by atoms with van der Waals surface area (Å²) in [7, 11) is 0. The van der Waals surface area contributed by atoms with Crippen LogP contribution in [0.1, 0.15) is 49.7 Å². The summed E-state index contributed by atoms with van der Waals surface area (Å²) in [5.74, 6) is 0.454. The standard InChI is InChI=1S/C24H29FN2O/c1-19(20-7-3-2-4-8-20)17-26-15-13-24(14-16-26)12-11-23(28)27(24)18-21-9-5-6-10-22(21)25/h2-10,19H,11-18H2,1H3. The van der Waals surface area contributed by atoms with Gasteiger partial charge >= 0.3 is 0 Å². The third kappa shape index (κ3) is 3.83. The van der Waals surface area contributed by atoms with Crippen LogP contribution < -0.4 is 0 Å². The molecule has 0 radical (unpaired) electrons. The molecule has 4 rings (SSSR count). The van der Waals surface area contributed by atoms with Gasteiger partial charge in [0.2, 0.25) is 5.91 Å². The molecule has 28 heavy (non-hydrogen) atoms. The maximum Gasteiger partial charge on any atom is 0.223 e. The first-order valence-electron chi connectivity index (χ1n) is 10.4. The molecule has 2 saturated heterocycles. The Morgan fingerprint density at radius 3 is 2.39 bits per heavy atom. The highest BCUT2D eigenvalue weighted by atomic mass is 19.1. The van der Waals surface area contributed by atoms with E-state index in [0.29, 0.717) is 24.4 Å². The van der Waals surface area contributed by atoms with Crippen LogP contribution in [0.3, 0.4) is 0 Å². The summed E-state index contributed by atoms with van der Waals surface area (Å²) in [4.78, 5) is 17.1. The third-order valence-corrected chi connectivity index (χ3v) is 6.65. The van der Waals surface area contributed by atoms with Crippen molar-refractivity contribution >= 4 is 5.91 Å². The van der Waals surface area contributed by atoms with Gasteiger partial charge in [0.15, 0.2) is 0 Å². The fourth-order valence-corrected chi connectivity index (χ4v) is 4.87. The van der Waals surface area contributed by atoms with E-state index in [2.05, 4.69) is 42.2 Å². The van der Waals surface area contributed by atoms with Gasteiger partial charge in [0.1, 0.15) is 5.82 Å². The average Bonchev–Trinajstić information content (AvgIpc) is 3.02. The number of hydrogen-bond acceptors (Lipinski definition) is 2. The summed E-state index contributed by atoms with van der Waals surface area (Å²) in [5.41, 5.74) is 1.91. The van der Waals surface area contributed by atoms with Gasteiger partial charge in [-0.05, 0) is 36.8 Å². The number of rotatable bonds is 5. The van der Waals surface area contributed by atoms with E-state index in [4.69, 9.17) is 0 Å². The van der Waals surface area contributed by atoms with Crippen molar-refractivity contribution in [1.29, 1.82) is 0 Å². The Bertz CT molecular complexity index is 814. The van der Waals surface area contributed by atoms with Gasteiger partial charge < -0.3 is 9.80 Å². The molecule has 0 aliphatic carbocycles. The minimum atomic E-state index is -0.216. The zero-order chi connectivity index (χ0) is 19.6. The molecule has 1 atom stereocenters. The monoisotopic (exact) mass is 380 g/mol. The van der Waals surface area contributed by atoms with Crippen molar-refractivity contribution in [3.05, 3.63) is 71.5 Å². The smallest absolute Gasteiger partial charge is 0.223 e. The predicted octanol–water partition coefficient (Wildman–Crippen LogP) is 4.59. The molecule has 0 aromatic heterocycles. The second kappa shape index (κ2) is 8.04. The molecule has 2 fully saturated rings. The third-order valence-electron chi connectivity index (χ3n) is 6.65. The predicted molar refractivity (Wildman–Crippen MR) is 109 cm³/mol. The second-order valence-electron chi connectivity index (χ2n) is 8.41. The van der Waals surface area contributed by atoms with Crippen molar-refractivity contribution in [1.82, 2.24) is 9.80 Å². The molecular formula is C24H29FN2O. The maximum absolute atomic E-state index is 14.1. The SMILES string of the molecule is CC(CN1CCC2(CCC(=O)N2Cc2ccccc2F)CC1)c1ccccc1. The number of nitrogens with zero attached hydrogens (tertiary/aromatic N) is 2. The molecule has 3 nitrogen and oxygen atoms in total. The van der Waals surface area contributed by atoms with Gasteiger partial charge in [-0.3, -0.25) is 4.79 Å². The zero-order valence-electron chi connectivity index (χ0n) is 16.6.